The molecule has 2 aromatic heterocycles. The molecular formula is C18H18ClN5O2S. The van der Waals surface area contributed by atoms with E-state index < -0.39 is 0 Å². The first-order valence-corrected chi connectivity index (χ1v) is 9.91. The first-order chi connectivity index (χ1) is 13.1. The van der Waals surface area contributed by atoms with Crippen molar-refractivity contribution >= 4 is 44.3 Å². The average molecular weight is 404 g/mol. The van der Waals surface area contributed by atoms with Gasteiger partial charge in [0.2, 0.25) is 5.91 Å². The van der Waals surface area contributed by atoms with Crippen molar-refractivity contribution < 1.29 is 4.79 Å². The van der Waals surface area contributed by atoms with E-state index in [-0.39, 0.29) is 17.4 Å². The number of piperidine rings is 1. The number of hydrogen-bond donors (Lipinski definition) is 2. The van der Waals surface area contributed by atoms with E-state index in [0.717, 1.165) is 36.6 Å². The summed E-state index contributed by atoms with van der Waals surface area (Å²) in [6.45, 7) is 1.88. The second-order valence-corrected chi connectivity index (χ2v) is 7.84. The van der Waals surface area contributed by atoms with Crippen LogP contribution in [0.5, 0.6) is 0 Å². The van der Waals surface area contributed by atoms with Crippen LogP contribution in [-0.4, -0.2) is 33.9 Å². The minimum atomic E-state index is -0.169. The molecule has 0 radical (unpaired) electrons. The largest absolute Gasteiger partial charge is 0.352 e. The molecule has 7 nitrogen and oxygen atoms in total. The summed E-state index contributed by atoms with van der Waals surface area (Å²) < 4.78 is 0.534. The van der Waals surface area contributed by atoms with Crippen LogP contribution in [0.3, 0.4) is 0 Å². The highest BCUT2D eigenvalue weighted by Gasteiger charge is 2.26. The van der Waals surface area contributed by atoms with Crippen molar-refractivity contribution in [3.05, 3.63) is 51.5 Å². The number of H-pyrrole nitrogens is 1. The molecule has 2 N–H and O–H groups in total. The number of benzene rings is 1. The second kappa shape index (κ2) is 7.66. The number of aromatic nitrogens is 3. The molecule has 4 rings (SSSR count). The molecule has 3 heterocycles. The number of aromatic amines is 1. The predicted molar refractivity (Wildman–Crippen MR) is 106 cm³/mol. The summed E-state index contributed by atoms with van der Waals surface area (Å²) in [5, 5.41) is 4.42. The Morgan fingerprint density at radius 2 is 2.11 bits per heavy atom. The summed E-state index contributed by atoms with van der Waals surface area (Å²) in [6, 6.07) is 7.51. The summed E-state index contributed by atoms with van der Waals surface area (Å²) in [7, 11) is 0. The number of amides is 1. The van der Waals surface area contributed by atoms with Crippen LogP contribution in [0, 0.1) is 5.92 Å². The number of anilines is 1. The van der Waals surface area contributed by atoms with Crippen LogP contribution in [0.15, 0.2) is 35.4 Å². The van der Waals surface area contributed by atoms with E-state index in [0.29, 0.717) is 21.9 Å². The molecule has 1 fully saturated rings. The smallest absolute Gasteiger partial charge is 0.270 e. The van der Waals surface area contributed by atoms with Crippen molar-refractivity contribution in [3.63, 3.8) is 0 Å². The zero-order valence-corrected chi connectivity index (χ0v) is 16.0. The van der Waals surface area contributed by atoms with Gasteiger partial charge in [0.25, 0.3) is 5.56 Å². The third kappa shape index (κ3) is 3.81. The van der Waals surface area contributed by atoms with Crippen molar-refractivity contribution in [2.75, 3.05) is 18.0 Å². The topological polar surface area (TPSA) is 91.0 Å². The standard InChI is InChI=1S/C18H18ClN5O2S/c19-13-4-2-1-3-12(13)9-20-16(25)11-5-7-24(8-6-11)18-23-15-14(27-18)17(26)22-10-21-15/h1-4,10-11H,5-9H2,(H,20,25)(H,21,22,26). The van der Waals surface area contributed by atoms with Crippen LogP contribution in [0.2, 0.25) is 5.02 Å². The Hall–Kier alpha value is -2.45. The average Bonchev–Trinajstić information content (AvgIpc) is 3.13. The number of fused-ring (bicyclic) bond motifs is 1. The van der Waals surface area contributed by atoms with Gasteiger partial charge in [-0.1, -0.05) is 41.1 Å². The molecular weight excluding hydrogens is 386 g/mol. The van der Waals surface area contributed by atoms with Gasteiger partial charge in [0.1, 0.15) is 4.70 Å². The molecule has 9 heteroatoms. The van der Waals surface area contributed by atoms with Gasteiger partial charge >= 0.3 is 0 Å². The highest BCUT2D eigenvalue weighted by Crippen LogP contribution is 2.29. The van der Waals surface area contributed by atoms with Crippen molar-refractivity contribution in [3.8, 4) is 0 Å². The van der Waals surface area contributed by atoms with E-state index in [9.17, 15) is 9.59 Å². The van der Waals surface area contributed by atoms with Gasteiger partial charge in [-0.3, -0.25) is 9.59 Å². The van der Waals surface area contributed by atoms with Gasteiger partial charge in [0.05, 0.1) is 6.33 Å². The van der Waals surface area contributed by atoms with Crippen LogP contribution in [0.25, 0.3) is 10.3 Å². The Kier molecular flexibility index (Phi) is 5.09. The third-order valence-electron chi connectivity index (χ3n) is 4.73. The summed E-state index contributed by atoms with van der Waals surface area (Å²) in [6.07, 6.45) is 2.85. The molecule has 1 aromatic carbocycles. The second-order valence-electron chi connectivity index (χ2n) is 6.45. The molecule has 3 aromatic rings. The fraction of sp³-hybridized carbons (Fsp3) is 0.333. The van der Waals surface area contributed by atoms with Crippen molar-refractivity contribution in [2.24, 2.45) is 5.92 Å². The Morgan fingerprint density at radius 3 is 2.85 bits per heavy atom. The van der Waals surface area contributed by atoms with Crippen molar-refractivity contribution in [1.82, 2.24) is 20.3 Å². The van der Waals surface area contributed by atoms with Gasteiger partial charge in [-0.15, -0.1) is 0 Å². The lowest BCUT2D eigenvalue weighted by molar-refractivity contribution is -0.125. The lowest BCUT2D eigenvalue weighted by Crippen LogP contribution is -2.40. The van der Waals surface area contributed by atoms with Crippen LogP contribution in [-0.2, 0) is 11.3 Å². The minimum absolute atomic E-state index is 0.0281. The molecule has 1 aliphatic rings. The van der Waals surface area contributed by atoms with Crippen LogP contribution >= 0.6 is 22.9 Å². The predicted octanol–water partition coefficient (Wildman–Crippen LogP) is 2.57. The van der Waals surface area contributed by atoms with E-state index in [1.54, 1.807) is 0 Å². The Balaban J connectivity index is 1.35. The zero-order chi connectivity index (χ0) is 18.8. The lowest BCUT2D eigenvalue weighted by atomic mass is 9.96. The Morgan fingerprint density at radius 1 is 1.33 bits per heavy atom. The first-order valence-electron chi connectivity index (χ1n) is 8.72. The normalized spacial score (nSPS) is 15.2. The number of hydrogen-bond acceptors (Lipinski definition) is 6. The van der Waals surface area contributed by atoms with Crippen molar-refractivity contribution in [1.29, 1.82) is 0 Å². The fourth-order valence-corrected chi connectivity index (χ4v) is 4.36. The maximum Gasteiger partial charge on any atom is 0.270 e. The van der Waals surface area contributed by atoms with Crippen molar-refractivity contribution in [2.45, 2.75) is 19.4 Å². The maximum atomic E-state index is 12.5. The summed E-state index contributed by atoms with van der Waals surface area (Å²) in [5.41, 5.74) is 1.22. The number of thiazole rings is 1. The quantitative estimate of drug-likeness (QED) is 0.698. The minimum Gasteiger partial charge on any atom is -0.352 e. The number of nitrogens with one attached hydrogen (secondary N) is 2. The number of nitrogens with zero attached hydrogens (tertiary/aromatic N) is 3. The van der Waals surface area contributed by atoms with Crippen LogP contribution in [0.1, 0.15) is 18.4 Å². The molecule has 0 atom stereocenters. The van der Waals surface area contributed by atoms with Gasteiger partial charge in [0, 0.05) is 30.6 Å². The number of halogens is 1. The van der Waals surface area contributed by atoms with Gasteiger partial charge in [0.15, 0.2) is 10.8 Å². The molecule has 0 aliphatic carbocycles. The molecule has 0 unspecified atom stereocenters. The maximum absolute atomic E-state index is 12.5. The molecule has 0 spiro atoms. The molecule has 27 heavy (non-hydrogen) atoms. The van der Waals surface area contributed by atoms with Crippen LogP contribution in [0.4, 0.5) is 5.13 Å². The molecule has 0 bridgehead atoms. The van der Waals surface area contributed by atoms with Crippen LogP contribution < -0.4 is 15.8 Å². The number of carbonyl (C=O) groups is 1. The highest BCUT2D eigenvalue weighted by atomic mass is 35.5. The summed E-state index contributed by atoms with van der Waals surface area (Å²) >= 11 is 7.47. The number of carbonyl (C=O) groups excluding carboxylic acids is 1. The van der Waals surface area contributed by atoms with Gasteiger partial charge < -0.3 is 15.2 Å². The monoisotopic (exact) mass is 403 g/mol. The van der Waals surface area contributed by atoms with E-state index in [4.69, 9.17) is 11.6 Å². The van der Waals surface area contributed by atoms with Gasteiger partial charge in [-0.05, 0) is 24.5 Å². The zero-order valence-electron chi connectivity index (χ0n) is 14.4. The van der Waals surface area contributed by atoms with E-state index >= 15 is 0 Å². The Bertz CT molecular complexity index is 1030. The van der Waals surface area contributed by atoms with E-state index in [1.165, 1.54) is 17.7 Å². The fourth-order valence-electron chi connectivity index (χ4n) is 3.19. The first kappa shape index (κ1) is 17.9. The van der Waals surface area contributed by atoms with E-state index in [1.807, 2.05) is 24.3 Å². The SMILES string of the molecule is O=C(NCc1ccccc1Cl)C1CCN(c2nc3nc[nH]c(=O)c3s2)CC1. The highest BCUT2D eigenvalue weighted by molar-refractivity contribution is 7.22. The molecule has 140 valence electrons. The lowest BCUT2D eigenvalue weighted by Gasteiger charge is -2.31. The molecule has 1 amide bonds. The molecule has 0 saturated carbocycles. The van der Waals surface area contributed by atoms with Gasteiger partial charge in [-0.25, -0.2) is 4.98 Å². The number of rotatable bonds is 4. The van der Waals surface area contributed by atoms with Gasteiger partial charge in [-0.2, -0.15) is 4.98 Å². The summed E-state index contributed by atoms with van der Waals surface area (Å²) in [5.74, 6) is 0.0247. The summed E-state index contributed by atoms with van der Waals surface area (Å²) in [4.78, 5) is 37.5. The third-order valence-corrected chi connectivity index (χ3v) is 6.21. The molecule has 1 aliphatic heterocycles. The molecule has 1 saturated heterocycles. The Labute approximate surface area is 164 Å². The van der Waals surface area contributed by atoms with E-state index in [2.05, 4.69) is 25.2 Å².